The van der Waals surface area contributed by atoms with Crippen LogP contribution in [0, 0.1) is 10.1 Å². The van der Waals surface area contributed by atoms with Gasteiger partial charge in [-0.05, 0) is 54.1 Å². The van der Waals surface area contributed by atoms with Gasteiger partial charge in [-0.15, -0.1) is 0 Å². The maximum atomic E-state index is 11.2. The highest BCUT2D eigenvalue weighted by atomic mass is 35.5. The predicted octanol–water partition coefficient (Wildman–Crippen LogP) is 6.64. The van der Waals surface area contributed by atoms with Gasteiger partial charge in [0.05, 0.1) is 10.6 Å². The number of para-hydroxylation sites is 1. The Morgan fingerprint density at radius 3 is 1.97 bits per heavy atom. The number of hydrogen-bond acceptors (Lipinski definition) is 5. The van der Waals surface area contributed by atoms with E-state index in [9.17, 15) is 10.1 Å². The van der Waals surface area contributed by atoms with Gasteiger partial charge in [-0.1, -0.05) is 60.1 Å². The first kappa shape index (κ1) is 20.7. The molecule has 1 heterocycles. The van der Waals surface area contributed by atoms with E-state index in [2.05, 4.69) is 4.90 Å². The van der Waals surface area contributed by atoms with Gasteiger partial charge in [-0.2, -0.15) is 5.10 Å². The molecule has 1 aliphatic rings. The molecule has 0 saturated carbocycles. The van der Waals surface area contributed by atoms with Crippen molar-refractivity contribution in [2.24, 2.45) is 5.10 Å². The quantitative estimate of drug-likeness (QED) is 0.250. The Bertz CT molecular complexity index is 1290. The number of nitro groups is 1. The molecule has 0 spiro atoms. The SMILES string of the molecule is O=[N+]([O-])c1ccc([C@@H]2N(c3ccccc3)N=C(c3ccccc3)N2c2ccc(Cl)cc2)cc1. The van der Waals surface area contributed by atoms with Crippen LogP contribution in [0.1, 0.15) is 17.3 Å². The van der Waals surface area contributed by atoms with Crippen LogP contribution in [0.4, 0.5) is 17.1 Å². The highest BCUT2D eigenvalue weighted by molar-refractivity contribution is 6.30. The molecule has 0 aromatic heterocycles. The molecule has 5 rings (SSSR count). The third kappa shape index (κ3) is 4.04. The second-order valence-corrected chi connectivity index (χ2v) is 7.97. The molecule has 162 valence electrons. The summed E-state index contributed by atoms with van der Waals surface area (Å²) in [7, 11) is 0. The Morgan fingerprint density at radius 1 is 0.758 bits per heavy atom. The van der Waals surface area contributed by atoms with E-state index in [1.165, 1.54) is 12.1 Å². The summed E-state index contributed by atoms with van der Waals surface area (Å²) in [5, 5.41) is 18.8. The van der Waals surface area contributed by atoms with Crippen molar-refractivity contribution < 1.29 is 4.92 Å². The van der Waals surface area contributed by atoms with Gasteiger partial charge in [-0.3, -0.25) is 15.0 Å². The molecule has 0 unspecified atom stereocenters. The third-order valence-electron chi connectivity index (χ3n) is 5.47. The van der Waals surface area contributed by atoms with Crippen molar-refractivity contribution >= 4 is 34.5 Å². The Kier molecular flexibility index (Phi) is 5.50. The van der Waals surface area contributed by atoms with Crippen molar-refractivity contribution in [3.8, 4) is 0 Å². The van der Waals surface area contributed by atoms with Crippen LogP contribution in [0.25, 0.3) is 0 Å². The number of benzene rings is 4. The molecule has 4 aromatic carbocycles. The lowest BCUT2D eigenvalue weighted by Crippen LogP contribution is -2.35. The monoisotopic (exact) mass is 454 g/mol. The summed E-state index contributed by atoms with van der Waals surface area (Å²) < 4.78 is 0. The Hall–Kier alpha value is -4.16. The Morgan fingerprint density at radius 2 is 1.36 bits per heavy atom. The molecule has 33 heavy (non-hydrogen) atoms. The van der Waals surface area contributed by atoms with E-state index in [4.69, 9.17) is 16.7 Å². The van der Waals surface area contributed by atoms with E-state index in [0.717, 1.165) is 28.3 Å². The van der Waals surface area contributed by atoms with Gasteiger partial charge in [0.2, 0.25) is 0 Å². The first-order valence-corrected chi connectivity index (χ1v) is 10.8. The summed E-state index contributed by atoms with van der Waals surface area (Å²) in [6, 6.07) is 34.0. The van der Waals surface area contributed by atoms with Crippen molar-refractivity contribution in [3.63, 3.8) is 0 Å². The maximum absolute atomic E-state index is 11.2. The first-order valence-electron chi connectivity index (χ1n) is 10.4. The number of rotatable bonds is 5. The highest BCUT2D eigenvalue weighted by Crippen LogP contribution is 2.40. The van der Waals surface area contributed by atoms with Crippen molar-refractivity contribution in [1.29, 1.82) is 0 Å². The normalized spacial score (nSPS) is 15.4. The zero-order chi connectivity index (χ0) is 22.8. The standard InChI is InChI=1S/C26H19ClN4O2/c27-21-13-17-22(18-14-21)29-25(19-7-3-1-4-8-19)28-30(23-9-5-2-6-10-23)26(29)20-11-15-24(16-12-20)31(32)33/h1-18,26H/t26-/m0/s1. The Balaban J connectivity index is 1.70. The number of amidine groups is 1. The molecule has 0 fully saturated rings. The van der Waals surface area contributed by atoms with Crippen LogP contribution in [0.3, 0.4) is 0 Å². The molecule has 7 heteroatoms. The van der Waals surface area contributed by atoms with Crippen LogP contribution in [-0.2, 0) is 0 Å². The summed E-state index contributed by atoms with van der Waals surface area (Å²) in [5.74, 6) is 0.769. The average Bonchev–Trinajstić information content (AvgIpc) is 3.26. The van der Waals surface area contributed by atoms with Crippen LogP contribution >= 0.6 is 11.6 Å². The summed E-state index contributed by atoms with van der Waals surface area (Å²) in [6.07, 6.45) is -0.357. The summed E-state index contributed by atoms with van der Waals surface area (Å²) >= 11 is 6.17. The number of nitrogens with zero attached hydrogens (tertiary/aromatic N) is 4. The number of non-ortho nitro benzene ring substituents is 1. The molecule has 0 saturated heterocycles. The fourth-order valence-electron chi connectivity index (χ4n) is 3.92. The van der Waals surface area contributed by atoms with Crippen molar-refractivity contribution in [2.75, 3.05) is 9.91 Å². The molecular formula is C26H19ClN4O2. The van der Waals surface area contributed by atoms with Gasteiger partial charge in [-0.25, -0.2) is 5.01 Å². The van der Waals surface area contributed by atoms with Crippen LogP contribution in [0.5, 0.6) is 0 Å². The molecule has 1 aliphatic heterocycles. The largest absolute Gasteiger partial charge is 0.297 e. The summed E-state index contributed by atoms with van der Waals surface area (Å²) in [6.45, 7) is 0. The smallest absolute Gasteiger partial charge is 0.269 e. The minimum atomic E-state index is -0.393. The van der Waals surface area contributed by atoms with Gasteiger partial charge in [0.1, 0.15) is 0 Å². The topological polar surface area (TPSA) is 62.0 Å². The number of nitro benzene ring substituents is 1. The fourth-order valence-corrected chi connectivity index (χ4v) is 4.04. The van der Waals surface area contributed by atoms with E-state index in [1.807, 2.05) is 89.9 Å². The molecule has 0 radical (unpaired) electrons. The highest BCUT2D eigenvalue weighted by Gasteiger charge is 2.38. The minimum absolute atomic E-state index is 0.0465. The molecule has 4 aromatic rings. The molecule has 6 nitrogen and oxygen atoms in total. The molecule has 0 amide bonds. The van der Waals surface area contributed by atoms with Gasteiger partial charge in [0.15, 0.2) is 12.0 Å². The van der Waals surface area contributed by atoms with Crippen molar-refractivity contribution in [1.82, 2.24) is 0 Å². The van der Waals surface area contributed by atoms with E-state index in [-0.39, 0.29) is 11.9 Å². The minimum Gasteiger partial charge on any atom is -0.297 e. The molecule has 0 bridgehead atoms. The van der Waals surface area contributed by atoms with Gasteiger partial charge in [0, 0.05) is 28.4 Å². The van der Waals surface area contributed by atoms with E-state index in [1.54, 1.807) is 12.1 Å². The van der Waals surface area contributed by atoms with Crippen LogP contribution in [-0.4, -0.2) is 10.8 Å². The van der Waals surface area contributed by atoms with Crippen LogP contribution < -0.4 is 9.91 Å². The number of hydrazone groups is 1. The average molecular weight is 455 g/mol. The van der Waals surface area contributed by atoms with E-state index < -0.39 is 4.92 Å². The van der Waals surface area contributed by atoms with Crippen molar-refractivity contribution in [2.45, 2.75) is 6.17 Å². The van der Waals surface area contributed by atoms with Crippen LogP contribution in [0.2, 0.25) is 5.02 Å². The van der Waals surface area contributed by atoms with Gasteiger partial charge >= 0.3 is 0 Å². The second kappa shape index (κ2) is 8.76. The Labute approximate surface area is 196 Å². The zero-order valence-electron chi connectivity index (χ0n) is 17.5. The van der Waals surface area contributed by atoms with Gasteiger partial charge < -0.3 is 0 Å². The lowest BCUT2D eigenvalue weighted by molar-refractivity contribution is -0.384. The second-order valence-electron chi connectivity index (χ2n) is 7.54. The summed E-state index contributed by atoms with van der Waals surface area (Å²) in [4.78, 5) is 13.0. The zero-order valence-corrected chi connectivity index (χ0v) is 18.2. The molecule has 0 aliphatic carbocycles. The lowest BCUT2D eigenvalue weighted by atomic mass is 10.1. The molecule has 1 atom stereocenters. The summed E-state index contributed by atoms with van der Waals surface area (Å²) in [5.41, 5.74) is 3.69. The number of anilines is 2. The third-order valence-corrected chi connectivity index (χ3v) is 5.72. The van der Waals surface area contributed by atoms with Gasteiger partial charge in [0.25, 0.3) is 5.69 Å². The van der Waals surface area contributed by atoms with E-state index >= 15 is 0 Å². The molecule has 0 N–H and O–H groups in total. The number of hydrogen-bond donors (Lipinski definition) is 0. The fraction of sp³-hybridized carbons (Fsp3) is 0.0385. The first-order chi connectivity index (χ1) is 16.1. The molecular weight excluding hydrogens is 436 g/mol. The lowest BCUT2D eigenvalue weighted by Gasteiger charge is -2.32. The maximum Gasteiger partial charge on any atom is 0.269 e. The van der Waals surface area contributed by atoms with Crippen molar-refractivity contribution in [3.05, 3.63) is 135 Å². The van der Waals surface area contributed by atoms with Crippen LogP contribution in [0.15, 0.2) is 114 Å². The predicted molar refractivity (Wildman–Crippen MR) is 132 cm³/mol. The van der Waals surface area contributed by atoms with E-state index in [0.29, 0.717) is 5.02 Å². The number of halogens is 1.